The molecule has 0 amide bonds. The van der Waals surface area contributed by atoms with Gasteiger partial charge < -0.3 is 28.7 Å². The third-order valence-corrected chi connectivity index (χ3v) is 13.2. The Morgan fingerprint density at radius 3 is 1.19 bits per heavy atom. The highest BCUT2D eigenvalue weighted by molar-refractivity contribution is 6.12. The Kier molecular flexibility index (Phi) is 16.0. The van der Waals surface area contributed by atoms with Crippen molar-refractivity contribution in [3.05, 3.63) is 174 Å². The van der Waals surface area contributed by atoms with Crippen LogP contribution >= 0.6 is 0 Å². The van der Waals surface area contributed by atoms with Crippen molar-refractivity contribution in [2.24, 2.45) is 0 Å². The monoisotopic (exact) mass is 930 g/mol. The number of anilines is 2. The fourth-order valence-electron chi connectivity index (χ4n) is 9.47. The van der Waals surface area contributed by atoms with Crippen LogP contribution in [0.3, 0.4) is 0 Å². The molecular formula is C52H62N6O10. The Balaban J connectivity index is 0.955. The van der Waals surface area contributed by atoms with Crippen molar-refractivity contribution in [1.29, 1.82) is 0 Å². The average Bonchev–Trinajstić information content (AvgIpc) is 3.63. The fraction of sp³-hybridized carbons (Fsp3) is 0.423. The zero-order valence-corrected chi connectivity index (χ0v) is 39.9. The predicted molar refractivity (Wildman–Crippen MR) is 261 cm³/mol. The summed E-state index contributed by atoms with van der Waals surface area (Å²) in [5, 5.41) is 24.2. The van der Waals surface area contributed by atoms with Crippen LogP contribution in [-0.4, -0.2) is 137 Å². The van der Waals surface area contributed by atoms with E-state index in [4.69, 9.17) is 18.9 Å². The fourth-order valence-corrected chi connectivity index (χ4v) is 9.47. The molecule has 0 aromatic heterocycles. The van der Waals surface area contributed by atoms with Crippen LogP contribution in [0.1, 0.15) is 38.8 Å². The maximum Gasteiger partial charge on any atom is 0.270 e. The molecule has 16 heteroatoms. The molecule has 3 aliphatic heterocycles. The number of carbonyl (C=O) groups is 2. The van der Waals surface area contributed by atoms with Gasteiger partial charge in [0, 0.05) is 134 Å². The molecule has 2 aromatic carbocycles. The summed E-state index contributed by atoms with van der Waals surface area (Å²) in [7, 11) is 3.96. The minimum atomic E-state index is -0.474. The summed E-state index contributed by atoms with van der Waals surface area (Å²) in [6.07, 6.45) is 12.5. The van der Waals surface area contributed by atoms with E-state index in [1.807, 2.05) is 60.3 Å². The van der Waals surface area contributed by atoms with Gasteiger partial charge in [-0.2, -0.15) is 0 Å². The summed E-state index contributed by atoms with van der Waals surface area (Å²) in [6, 6.07) is 16.3. The number of para-hydroxylation sites is 2. The van der Waals surface area contributed by atoms with Crippen LogP contribution in [-0.2, 0) is 39.4 Å². The number of hydrogen-bond donors (Lipinski definition) is 0. The number of hydrogen-bond acceptors (Lipinski definition) is 14. The van der Waals surface area contributed by atoms with E-state index in [-0.39, 0.29) is 58.0 Å². The molecule has 2 aliphatic carbocycles. The largest absolute Gasteiger partial charge is 0.378 e. The Morgan fingerprint density at radius 1 is 0.529 bits per heavy atom. The molecular weight excluding hydrogens is 869 g/mol. The van der Waals surface area contributed by atoms with E-state index in [0.29, 0.717) is 90.2 Å². The first-order valence-electron chi connectivity index (χ1n) is 23.1. The molecule has 1 saturated heterocycles. The summed E-state index contributed by atoms with van der Waals surface area (Å²) in [6.45, 7) is 12.9. The van der Waals surface area contributed by atoms with E-state index in [1.165, 1.54) is 24.3 Å². The molecule has 7 rings (SSSR count). The normalized spacial score (nSPS) is 23.7. The highest BCUT2D eigenvalue weighted by Gasteiger charge is 2.39. The van der Waals surface area contributed by atoms with Crippen molar-refractivity contribution in [2.75, 3.05) is 116 Å². The number of allylic oxidation sites excluding steroid dienone is 12. The molecule has 16 nitrogen and oxygen atoms in total. The highest BCUT2D eigenvalue weighted by Crippen LogP contribution is 2.48. The van der Waals surface area contributed by atoms with Gasteiger partial charge in [-0.3, -0.25) is 39.6 Å². The van der Waals surface area contributed by atoms with Gasteiger partial charge in [0.1, 0.15) is 0 Å². The lowest BCUT2D eigenvalue weighted by Crippen LogP contribution is -2.36. The van der Waals surface area contributed by atoms with Crippen LogP contribution in [0.2, 0.25) is 0 Å². The highest BCUT2D eigenvalue weighted by atomic mass is 16.6. The van der Waals surface area contributed by atoms with E-state index in [1.54, 1.807) is 12.2 Å². The van der Waals surface area contributed by atoms with Crippen molar-refractivity contribution in [3.63, 3.8) is 0 Å². The number of ether oxygens (including phenoxy) is 4. The lowest BCUT2D eigenvalue weighted by Gasteiger charge is -2.25. The second kappa shape index (κ2) is 21.9. The van der Waals surface area contributed by atoms with Crippen molar-refractivity contribution < 1.29 is 38.4 Å². The molecule has 2 aromatic rings. The number of carbonyl (C=O) groups excluding carboxylic acids is 2. The maximum absolute atomic E-state index is 13.9. The van der Waals surface area contributed by atoms with Crippen LogP contribution in [0.4, 0.5) is 11.4 Å². The quantitative estimate of drug-likeness (QED) is 0.160. The van der Waals surface area contributed by atoms with E-state index < -0.39 is 9.85 Å². The molecule has 0 saturated carbocycles. The Hall–Kier alpha value is -6.14. The standard InChI is InChI=1S/C52H62N6O10/c1-51(2)43-11-7-9-13-45(43)53(5)47(51)17-15-37-31-41(57(61)62)33-39(49(37)59)35-55-19-23-65-27-29-67-25-21-56(22-26-68-30-28-66-24-20-55)36-40-34-42(58(63)64)32-38(50(40)60)16-18-48-52(3,4)44-12-8-10-14-46(44)54(48)6/h7-18,31-34H,19-30,35-36H2,1-6H3/b37-15+,38-16+,47-17+,48-18+. The van der Waals surface area contributed by atoms with Gasteiger partial charge in [-0.15, -0.1) is 0 Å². The van der Waals surface area contributed by atoms with Crippen molar-refractivity contribution in [2.45, 2.75) is 38.5 Å². The van der Waals surface area contributed by atoms with Gasteiger partial charge in [-0.05, 0) is 47.6 Å². The maximum atomic E-state index is 13.9. The SMILES string of the molecule is CN1/C(=C/C=C2\C=C([N+](=O)[O-])C=C(CN3CCOCCOCCN(CC4=CC([N+](=O)[O-])=C/C(=C\C=C5\N(C)c6ccccc6C5(C)C)C4=O)CCOCCOCC3)C2=O)C(C)(C)c2ccccc21. The molecule has 0 bridgehead atoms. The van der Waals surface area contributed by atoms with E-state index in [2.05, 4.69) is 61.8 Å². The minimum absolute atomic E-state index is 0.154. The van der Waals surface area contributed by atoms with Crippen LogP contribution in [0.25, 0.3) is 0 Å². The molecule has 1 fully saturated rings. The van der Waals surface area contributed by atoms with Gasteiger partial charge in [0.15, 0.2) is 11.6 Å². The summed E-state index contributed by atoms with van der Waals surface area (Å²) >= 11 is 0. The van der Waals surface area contributed by atoms with Gasteiger partial charge >= 0.3 is 0 Å². The molecule has 0 N–H and O–H groups in total. The van der Waals surface area contributed by atoms with Crippen LogP contribution in [0, 0.1) is 20.2 Å². The topological polar surface area (TPSA) is 170 Å². The first-order valence-corrected chi connectivity index (χ1v) is 23.1. The first-order chi connectivity index (χ1) is 32.6. The van der Waals surface area contributed by atoms with Crippen LogP contribution in [0.15, 0.2) is 142 Å². The Morgan fingerprint density at radius 2 is 0.868 bits per heavy atom. The number of rotatable bonds is 8. The smallest absolute Gasteiger partial charge is 0.270 e. The first kappa shape index (κ1) is 49.8. The molecule has 360 valence electrons. The zero-order chi connectivity index (χ0) is 48.6. The summed E-state index contributed by atoms with van der Waals surface area (Å²) in [5.74, 6) is -0.561. The van der Waals surface area contributed by atoms with Crippen molar-refractivity contribution in [3.8, 4) is 0 Å². The Bertz CT molecular complexity index is 2350. The molecule has 0 radical (unpaired) electrons. The summed E-state index contributed by atoms with van der Waals surface area (Å²) in [4.78, 5) is 59.3. The van der Waals surface area contributed by atoms with E-state index in [0.717, 1.165) is 33.9 Å². The second-order valence-corrected chi connectivity index (χ2v) is 18.4. The van der Waals surface area contributed by atoms with Gasteiger partial charge in [-0.1, -0.05) is 64.1 Å². The second-order valence-electron chi connectivity index (χ2n) is 18.4. The lowest BCUT2D eigenvalue weighted by atomic mass is 9.83. The molecule has 0 atom stereocenters. The average molecular weight is 931 g/mol. The number of nitro groups is 2. The molecule has 0 unspecified atom stereocenters. The van der Waals surface area contributed by atoms with Crippen LogP contribution in [0.5, 0.6) is 0 Å². The van der Waals surface area contributed by atoms with Gasteiger partial charge in [-0.25, -0.2) is 0 Å². The number of nitrogens with zero attached hydrogens (tertiary/aromatic N) is 6. The summed E-state index contributed by atoms with van der Waals surface area (Å²) in [5.41, 5.74) is 6.50. The number of benzene rings is 2. The third kappa shape index (κ3) is 11.2. The van der Waals surface area contributed by atoms with E-state index in [9.17, 15) is 29.8 Å². The lowest BCUT2D eigenvalue weighted by molar-refractivity contribution is -0.419. The van der Waals surface area contributed by atoms with E-state index >= 15 is 0 Å². The number of fused-ring (bicyclic) bond motifs is 2. The number of likely N-dealkylation sites (N-methyl/N-ethyl adjacent to an activating group) is 2. The number of ketones is 2. The van der Waals surface area contributed by atoms with Crippen LogP contribution < -0.4 is 9.80 Å². The molecule has 0 spiro atoms. The number of Topliss-reactive ketones (excluding diaryl/α,β-unsaturated/α-hetero) is 2. The minimum Gasteiger partial charge on any atom is -0.378 e. The predicted octanol–water partition coefficient (Wildman–Crippen LogP) is 6.49. The van der Waals surface area contributed by atoms with Crippen molar-refractivity contribution in [1.82, 2.24) is 9.80 Å². The molecule has 5 aliphatic rings. The summed E-state index contributed by atoms with van der Waals surface area (Å²) < 4.78 is 23.7. The van der Waals surface area contributed by atoms with Gasteiger partial charge in [0.2, 0.25) is 0 Å². The Labute approximate surface area is 398 Å². The molecule has 3 heterocycles. The molecule has 68 heavy (non-hydrogen) atoms. The van der Waals surface area contributed by atoms with Gasteiger partial charge in [0.05, 0.1) is 62.7 Å². The zero-order valence-electron chi connectivity index (χ0n) is 39.9. The van der Waals surface area contributed by atoms with Crippen molar-refractivity contribution >= 4 is 22.9 Å². The third-order valence-electron chi connectivity index (χ3n) is 13.2. The van der Waals surface area contributed by atoms with Gasteiger partial charge in [0.25, 0.3) is 11.4 Å².